The van der Waals surface area contributed by atoms with Crippen molar-refractivity contribution in [2.75, 3.05) is 32.4 Å². The number of nitrogens with one attached hydrogen (secondary N) is 2. The predicted molar refractivity (Wildman–Crippen MR) is 128 cm³/mol. The molecule has 0 aromatic heterocycles. The van der Waals surface area contributed by atoms with Gasteiger partial charge >= 0.3 is 0 Å². The molecule has 0 saturated carbocycles. The molecule has 1 saturated heterocycles. The van der Waals surface area contributed by atoms with E-state index >= 15 is 0 Å². The van der Waals surface area contributed by atoms with E-state index in [0.717, 1.165) is 37.5 Å². The van der Waals surface area contributed by atoms with Gasteiger partial charge in [0.25, 0.3) is 0 Å². The van der Waals surface area contributed by atoms with E-state index in [2.05, 4.69) is 15.6 Å². The lowest BCUT2D eigenvalue weighted by Gasteiger charge is -2.34. The highest BCUT2D eigenvalue weighted by molar-refractivity contribution is 14.0. The van der Waals surface area contributed by atoms with Crippen LogP contribution in [0.25, 0.3) is 0 Å². The smallest absolute Gasteiger partial charge is 0.225 e. The largest absolute Gasteiger partial charge is 0.355 e. The van der Waals surface area contributed by atoms with Gasteiger partial charge in [0.15, 0.2) is 5.96 Å². The Labute approximate surface area is 188 Å². The van der Waals surface area contributed by atoms with Crippen molar-refractivity contribution in [2.24, 2.45) is 10.9 Å². The average Bonchev–Trinajstić information content (AvgIpc) is 2.67. The number of aliphatic imine (C=N–C) groups is 1. The van der Waals surface area contributed by atoms with Gasteiger partial charge in [-0.1, -0.05) is 44.2 Å². The van der Waals surface area contributed by atoms with Crippen LogP contribution in [0.2, 0.25) is 0 Å². The zero-order chi connectivity index (χ0) is 19.6. The molecule has 0 aliphatic carbocycles. The van der Waals surface area contributed by atoms with Crippen molar-refractivity contribution in [3.8, 4) is 0 Å². The summed E-state index contributed by atoms with van der Waals surface area (Å²) < 4.78 is 12.2. The molecule has 8 heteroatoms. The molecule has 1 heterocycles. The van der Waals surface area contributed by atoms with Crippen molar-refractivity contribution in [2.45, 2.75) is 38.5 Å². The Kier molecular flexibility index (Phi) is 11.7. The lowest BCUT2D eigenvalue weighted by atomic mass is 10.0. The zero-order valence-corrected chi connectivity index (χ0v) is 20.2. The Bertz CT molecular complexity index is 647. The van der Waals surface area contributed by atoms with Crippen LogP contribution in [0.1, 0.15) is 32.3 Å². The number of nitrogens with zero attached hydrogens (tertiary/aromatic N) is 2. The number of hydrogen-bond donors (Lipinski definition) is 2. The molecule has 6 nitrogen and oxygen atoms in total. The first-order valence-corrected chi connectivity index (χ1v) is 11.1. The number of piperidine rings is 1. The van der Waals surface area contributed by atoms with E-state index in [1.54, 1.807) is 7.05 Å². The van der Waals surface area contributed by atoms with Crippen LogP contribution >= 0.6 is 24.0 Å². The molecule has 0 spiro atoms. The fourth-order valence-corrected chi connectivity index (χ4v) is 4.15. The first-order valence-electron chi connectivity index (χ1n) is 9.64. The number of hydrogen-bond acceptors (Lipinski definition) is 3. The maximum atomic E-state index is 12.2. The van der Waals surface area contributed by atoms with Crippen LogP contribution in [-0.2, 0) is 21.3 Å². The quantitative estimate of drug-likeness (QED) is 0.329. The molecule has 1 amide bonds. The third-order valence-corrected chi connectivity index (χ3v) is 5.97. The second kappa shape index (κ2) is 13.1. The Hall–Kier alpha value is -1.16. The van der Waals surface area contributed by atoms with E-state index in [1.165, 1.54) is 0 Å². The van der Waals surface area contributed by atoms with E-state index in [0.29, 0.717) is 24.1 Å². The van der Waals surface area contributed by atoms with Crippen molar-refractivity contribution >= 4 is 46.6 Å². The number of guanidine groups is 1. The molecule has 0 bridgehead atoms. The van der Waals surface area contributed by atoms with Gasteiger partial charge in [0.1, 0.15) is 0 Å². The fraction of sp³-hybridized carbons (Fsp3) is 0.600. The summed E-state index contributed by atoms with van der Waals surface area (Å²) in [4.78, 5) is 18.3. The first-order chi connectivity index (χ1) is 13.0. The summed E-state index contributed by atoms with van der Waals surface area (Å²) >= 11 is 0. The van der Waals surface area contributed by atoms with Crippen molar-refractivity contribution in [1.82, 2.24) is 15.5 Å². The Balaban J connectivity index is 0.00000392. The minimum atomic E-state index is -0.900. The zero-order valence-electron chi connectivity index (χ0n) is 17.0. The number of halogens is 1. The van der Waals surface area contributed by atoms with Gasteiger partial charge in [0.2, 0.25) is 5.91 Å². The summed E-state index contributed by atoms with van der Waals surface area (Å²) in [5.74, 6) is 2.19. The predicted octanol–water partition coefficient (Wildman–Crippen LogP) is 2.37. The number of amides is 1. The lowest BCUT2D eigenvalue weighted by molar-refractivity contribution is -0.135. The molecule has 0 radical (unpaired) electrons. The Morgan fingerprint density at radius 3 is 2.46 bits per heavy atom. The molecular weight excluding hydrogens is 487 g/mol. The number of carbonyl (C=O) groups is 1. The van der Waals surface area contributed by atoms with Crippen LogP contribution in [0.5, 0.6) is 0 Å². The second-order valence-electron chi connectivity index (χ2n) is 7.17. The summed E-state index contributed by atoms with van der Waals surface area (Å²) in [5, 5.41) is 6.67. The summed E-state index contributed by atoms with van der Waals surface area (Å²) in [7, 11) is 0.844. The number of carbonyl (C=O) groups excluding carboxylic acids is 1. The van der Waals surface area contributed by atoms with Crippen LogP contribution in [0.15, 0.2) is 35.3 Å². The molecule has 1 atom stereocenters. The lowest BCUT2D eigenvalue weighted by Crippen LogP contribution is -2.50. The maximum absolute atomic E-state index is 12.2. The monoisotopic (exact) mass is 520 g/mol. The van der Waals surface area contributed by atoms with Gasteiger partial charge in [-0.2, -0.15) is 0 Å². The van der Waals surface area contributed by atoms with Crippen LogP contribution in [0.4, 0.5) is 0 Å². The molecule has 1 aliphatic heterocycles. The molecule has 1 fully saturated rings. The molecule has 1 aromatic rings. The van der Waals surface area contributed by atoms with Crippen molar-refractivity contribution < 1.29 is 9.00 Å². The van der Waals surface area contributed by atoms with Crippen LogP contribution in [0.3, 0.4) is 0 Å². The molecule has 28 heavy (non-hydrogen) atoms. The van der Waals surface area contributed by atoms with Gasteiger partial charge in [0, 0.05) is 60.9 Å². The minimum absolute atomic E-state index is 0. The standard InChI is InChI=1S/C20H32N4O2S.HI/c1-16(2)19(25)24-12-9-18(10-13-24)23-20(21-3)22-11-14-27(26)15-17-7-5-4-6-8-17;/h4-8,16,18H,9-15H2,1-3H3,(H2,21,22,23);1H. The van der Waals surface area contributed by atoms with Crippen molar-refractivity contribution in [3.05, 3.63) is 35.9 Å². The average molecular weight is 520 g/mol. The first kappa shape index (κ1) is 24.9. The Morgan fingerprint density at radius 1 is 1.25 bits per heavy atom. The second-order valence-corrected chi connectivity index (χ2v) is 8.75. The van der Waals surface area contributed by atoms with Crippen LogP contribution in [0, 0.1) is 5.92 Å². The van der Waals surface area contributed by atoms with Gasteiger partial charge in [-0.3, -0.25) is 14.0 Å². The number of benzene rings is 1. The molecule has 2 rings (SSSR count). The summed E-state index contributed by atoms with van der Waals surface area (Å²) in [6.45, 7) is 6.07. The number of likely N-dealkylation sites (tertiary alicyclic amines) is 1. The third kappa shape index (κ3) is 8.46. The van der Waals surface area contributed by atoms with Gasteiger partial charge < -0.3 is 15.5 Å². The maximum Gasteiger partial charge on any atom is 0.225 e. The minimum Gasteiger partial charge on any atom is -0.355 e. The third-order valence-electron chi connectivity index (χ3n) is 4.66. The van der Waals surface area contributed by atoms with Gasteiger partial charge in [-0.05, 0) is 18.4 Å². The normalized spacial score (nSPS) is 16.4. The van der Waals surface area contributed by atoms with Crippen LogP contribution in [-0.4, -0.2) is 59.5 Å². The number of rotatable bonds is 7. The van der Waals surface area contributed by atoms with Gasteiger partial charge in [-0.15, -0.1) is 24.0 Å². The topological polar surface area (TPSA) is 73.8 Å². The Morgan fingerprint density at radius 2 is 1.89 bits per heavy atom. The summed E-state index contributed by atoms with van der Waals surface area (Å²) in [5.41, 5.74) is 1.10. The van der Waals surface area contributed by atoms with E-state index in [4.69, 9.17) is 0 Å². The van der Waals surface area contributed by atoms with Gasteiger partial charge in [-0.25, -0.2) is 0 Å². The molecule has 158 valence electrons. The van der Waals surface area contributed by atoms with E-state index in [9.17, 15) is 9.00 Å². The summed E-state index contributed by atoms with van der Waals surface area (Å²) in [6, 6.07) is 10.2. The van der Waals surface area contributed by atoms with E-state index in [1.807, 2.05) is 49.1 Å². The summed E-state index contributed by atoms with van der Waals surface area (Å²) in [6.07, 6.45) is 1.83. The molecule has 2 N–H and O–H groups in total. The fourth-order valence-electron chi connectivity index (χ4n) is 3.11. The van der Waals surface area contributed by atoms with Crippen molar-refractivity contribution in [3.63, 3.8) is 0 Å². The highest BCUT2D eigenvalue weighted by Gasteiger charge is 2.24. The van der Waals surface area contributed by atoms with E-state index < -0.39 is 10.8 Å². The highest BCUT2D eigenvalue weighted by Crippen LogP contribution is 2.13. The highest BCUT2D eigenvalue weighted by atomic mass is 127. The molecule has 1 unspecified atom stereocenters. The molecule has 1 aromatic carbocycles. The van der Waals surface area contributed by atoms with Gasteiger partial charge in [0.05, 0.1) is 0 Å². The van der Waals surface area contributed by atoms with E-state index in [-0.39, 0.29) is 35.8 Å². The van der Waals surface area contributed by atoms with Crippen molar-refractivity contribution in [1.29, 1.82) is 0 Å². The molecule has 1 aliphatic rings. The SMILES string of the molecule is CN=C(NCCS(=O)Cc1ccccc1)NC1CCN(C(=O)C(C)C)CC1.I. The van der Waals surface area contributed by atoms with Crippen LogP contribution < -0.4 is 10.6 Å². The molecular formula is C20H33IN4O2S.